The van der Waals surface area contributed by atoms with Crippen LogP contribution in [-0.4, -0.2) is 26.5 Å². The number of aromatic hydroxyl groups is 1. The molecule has 4 rings (SSSR count). The lowest BCUT2D eigenvalue weighted by Gasteiger charge is -2.06. The molecule has 1 aliphatic heterocycles. The standard InChI is InChI=1S/C20H14N2O3S2/c23-17(24)11-22-19(25)16(27-20(22)26)10-14-13-8-4-5-9-15(13)21-18(14)12-6-2-1-3-7-12/h1-10,25H,11H2,(H,23,24). The van der Waals surface area contributed by atoms with Gasteiger partial charge in [-0.1, -0.05) is 48.5 Å². The van der Waals surface area contributed by atoms with Gasteiger partial charge in [-0.15, -0.1) is 11.3 Å². The fourth-order valence-electron chi connectivity index (χ4n) is 2.98. The van der Waals surface area contributed by atoms with Crippen LogP contribution in [0.15, 0.2) is 59.6 Å². The third kappa shape index (κ3) is 3.22. The zero-order valence-corrected chi connectivity index (χ0v) is 15.6. The minimum absolute atomic E-state index is 0.142. The van der Waals surface area contributed by atoms with Crippen molar-refractivity contribution in [2.75, 3.05) is 0 Å². The van der Waals surface area contributed by atoms with Gasteiger partial charge < -0.3 is 10.2 Å². The zero-order chi connectivity index (χ0) is 19.0. The lowest BCUT2D eigenvalue weighted by molar-refractivity contribution is -0.137. The van der Waals surface area contributed by atoms with Gasteiger partial charge >= 0.3 is 5.97 Å². The van der Waals surface area contributed by atoms with E-state index in [1.807, 2.05) is 60.7 Å². The number of carboxylic acids is 1. The van der Waals surface area contributed by atoms with Crippen molar-refractivity contribution >= 4 is 52.6 Å². The number of hydrogen-bond acceptors (Lipinski definition) is 5. The number of allylic oxidation sites excluding steroid dienone is 1. The van der Waals surface area contributed by atoms with Gasteiger partial charge in [-0.3, -0.25) is 9.36 Å². The number of aliphatic imine (C=N–C) groups is 1. The minimum Gasteiger partial charge on any atom is -0.493 e. The monoisotopic (exact) mass is 394 g/mol. The van der Waals surface area contributed by atoms with Crippen molar-refractivity contribution in [3.63, 3.8) is 0 Å². The highest BCUT2D eigenvalue weighted by Crippen LogP contribution is 2.40. The summed E-state index contributed by atoms with van der Waals surface area (Å²) in [4.78, 5) is 16.3. The third-order valence-electron chi connectivity index (χ3n) is 4.19. The van der Waals surface area contributed by atoms with Gasteiger partial charge in [0, 0.05) is 16.7 Å². The Balaban J connectivity index is 1.87. The Bertz CT molecular complexity index is 1160. The first-order valence-electron chi connectivity index (χ1n) is 8.14. The van der Waals surface area contributed by atoms with Crippen LogP contribution in [0.1, 0.15) is 16.0 Å². The summed E-state index contributed by atoms with van der Waals surface area (Å²) < 4.78 is 1.53. The molecule has 1 aromatic heterocycles. The van der Waals surface area contributed by atoms with Crippen LogP contribution in [0.3, 0.4) is 0 Å². The van der Waals surface area contributed by atoms with Gasteiger partial charge in [0.25, 0.3) is 0 Å². The van der Waals surface area contributed by atoms with Gasteiger partial charge in [0.05, 0.1) is 16.3 Å². The van der Waals surface area contributed by atoms with Gasteiger partial charge in [-0.05, 0) is 24.4 Å². The van der Waals surface area contributed by atoms with Crippen LogP contribution < -0.4 is 0 Å². The number of carboxylic acid groups (broad SMARTS) is 1. The molecular formula is C20H14N2O3S2. The van der Waals surface area contributed by atoms with Crippen LogP contribution in [0.5, 0.6) is 5.88 Å². The minimum atomic E-state index is -1.06. The largest absolute Gasteiger partial charge is 0.493 e. The van der Waals surface area contributed by atoms with E-state index in [-0.39, 0.29) is 12.4 Å². The molecule has 0 saturated carbocycles. The molecule has 3 aromatic rings. The summed E-state index contributed by atoms with van der Waals surface area (Å²) in [5, 5.41) is 19.5. The van der Waals surface area contributed by atoms with Crippen LogP contribution in [-0.2, 0) is 11.3 Å². The normalized spacial score (nSPS) is 14.2. The molecule has 2 aromatic carbocycles. The van der Waals surface area contributed by atoms with Crippen molar-refractivity contribution in [2.45, 2.75) is 6.54 Å². The van der Waals surface area contributed by atoms with E-state index >= 15 is 0 Å². The number of nitrogens with zero attached hydrogens (tertiary/aromatic N) is 2. The molecule has 0 atom stereocenters. The number of benzene rings is 2. The lowest BCUT2D eigenvalue weighted by Crippen LogP contribution is -2.07. The van der Waals surface area contributed by atoms with Crippen molar-refractivity contribution in [3.05, 3.63) is 74.6 Å². The van der Waals surface area contributed by atoms with Crippen molar-refractivity contribution in [3.8, 4) is 5.88 Å². The average Bonchev–Trinajstić information content (AvgIpc) is 3.15. The first-order chi connectivity index (χ1) is 13.0. The smallest absolute Gasteiger partial charge is 0.323 e. The molecule has 0 bridgehead atoms. The van der Waals surface area contributed by atoms with Crippen molar-refractivity contribution in [2.24, 2.45) is 4.99 Å². The molecular weight excluding hydrogens is 380 g/mol. The Hall–Kier alpha value is -3.03. The molecule has 134 valence electrons. The second-order valence-corrected chi connectivity index (χ2v) is 7.61. The van der Waals surface area contributed by atoms with Gasteiger partial charge in [-0.2, -0.15) is 0 Å². The Morgan fingerprint density at radius 3 is 2.59 bits per heavy atom. The van der Waals surface area contributed by atoms with E-state index in [1.54, 1.807) is 0 Å². The molecule has 0 amide bonds. The summed E-state index contributed by atoms with van der Waals surface area (Å²) in [6, 6.07) is 17.6. The van der Waals surface area contributed by atoms with E-state index in [0.29, 0.717) is 8.83 Å². The number of hydrogen-bond donors (Lipinski definition) is 2. The number of rotatable bonds is 4. The summed E-state index contributed by atoms with van der Waals surface area (Å²) in [7, 11) is 0. The number of carbonyl (C=O) groups is 1. The second kappa shape index (κ2) is 6.94. The fraction of sp³-hybridized carbons (Fsp3) is 0.0500. The number of fused-ring (bicyclic) bond motifs is 1. The zero-order valence-electron chi connectivity index (χ0n) is 14.0. The van der Waals surface area contributed by atoms with Crippen LogP contribution in [0.2, 0.25) is 0 Å². The van der Waals surface area contributed by atoms with Gasteiger partial charge in [0.1, 0.15) is 6.54 Å². The predicted octanol–water partition coefficient (Wildman–Crippen LogP) is 4.74. The molecule has 7 heteroatoms. The van der Waals surface area contributed by atoms with Crippen molar-refractivity contribution in [1.82, 2.24) is 4.57 Å². The molecule has 0 radical (unpaired) electrons. The molecule has 1 aliphatic rings. The fourth-order valence-corrected chi connectivity index (χ4v) is 4.23. The quantitative estimate of drug-likeness (QED) is 0.627. The average molecular weight is 394 g/mol. The first-order valence-corrected chi connectivity index (χ1v) is 9.37. The van der Waals surface area contributed by atoms with E-state index < -0.39 is 5.97 Å². The molecule has 0 saturated heterocycles. The molecule has 0 unspecified atom stereocenters. The highest BCUT2D eigenvalue weighted by molar-refractivity contribution is 7.73. The molecule has 0 fully saturated rings. The molecule has 2 N–H and O–H groups in total. The highest BCUT2D eigenvalue weighted by Gasteiger charge is 2.23. The first kappa shape index (κ1) is 17.4. The summed E-state index contributed by atoms with van der Waals surface area (Å²) in [5.74, 6) is -1.20. The van der Waals surface area contributed by atoms with Crippen LogP contribution in [0, 0.1) is 3.95 Å². The van der Waals surface area contributed by atoms with E-state index in [0.717, 1.165) is 28.1 Å². The molecule has 2 heterocycles. The number of para-hydroxylation sites is 1. The SMILES string of the molecule is O=C(O)Cn1c(O)c(C=C2C(c3ccccc3)=Nc3ccccc32)sc1=S. The van der Waals surface area contributed by atoms with Crippen LogP contribution in [0.25, 0.3) is 11.6 Å². The maximum atomic E-state index is 11.0. The van der Waals surface area contributed by atoms with E-state index in [9.17, 15) is 9.90 Å². The van der Waals surface area contributed by atoms with E-state index in [1.165, 1.54) is 15.9 Å². The molecule has 0 aliphatic carbocycles. The second-order valence-electron chi connectivity index (χ2n) is 5.94. The summed E-state index contributed by atoms with van der Waals surface area (Å²) in [6.45, 7) is -0.374. The summed E-state index contributed by atoms with van der Waals surface area (Å²) >= 11 is 6.39. The number of thiazole rings is 1. The number of aliphatic carboxylic acids is 1. The maximum absolute atomic E-state index is 11.0. The lowest BCUT2D eigenvalue weighted by atomic mass is 9.97. The van der Waals surface area contributed by atoms with Crippen molar-refractivity contribution in [1.29, 1.82) is 0 Å². The topological polar surface area (TPSA) is 74.8 Å². The Morgan fingerprint density at radius 2 is 1.85 bits per heavy atom. The van der Waals surface area contributed by atoms with Gasteiger partial charge in [0.15, 0.2) is 3.95 Å². The van der Waals surface area contributed by atoms with Gasteiger partial charge in [-0.25, -0.2) is 4.99 Å². The number of aromatic nitrogens is 1. The van der Waals surface area contributed by atoms with Crippen LogP contribution >= 0.6 is 23.6 Å². The van der Waals surface area contributed by atoms with Crippen molar-refractivity contribution < 1.29 is 15.0 Å². The van der Waals surface area contributed by atoms with Crippen LogP contribution in [0.4, 0.5) is 5.69 Å². The van der Waals surface area contributed by atoms with E-state index in [2.05, 4.69) is 0 Å². The molecule has 5 nitrogen and oxygen atoms in total. The Kier molecular flexibility index (Phi) is 4.47. The molecule has 27 heavy (non-hydrogen) atoms. The third-order valence-corrected chi connectivity index (χ3v) is 5.58. The summed E-state index contributed by atoms with van der Waals surface area (Å²) in [5.41, 5.74) is 4.45. The van der Waals surface area contributed by atoms with E-state index in [4.69, 9.17) is 22.3 Å². The molecule has 0 spiro atoms. The Morgan fingerprint density at radius 1 is 1.15 bits per heavy atom. The Labute approximate surface area is 164 Å². The maximum Gasteiger partial charge on any atom is 0.323 e. The highest BCUT2D eigenvalue weighted by atomic mass is 32.1. The summed E-state index contributed by atoms with van der Waals surface area (Å²) in [6.07, 6.45) is 1.83. The van der Waals surface area contributed by atoms with Gasteiger partial charge in [0.2, 0.25) is 5.88 Å². The predicted molar refractivity (Wildman–Crippen MR) is 109 cm³/mol.